The van der Waals surface area contributed by atoms with Gasteiger partial charge in [0.2, 0.25) is 5.91 Å². The molecule has 2 aliphatic carbocycles. The molecular weight excluding hydrogens is 432 g/mol. The lowest BCUT2D eigenvalue weighted by Gasteiger charge is -2.30. The number of amides is 2. The number of benzene rings is 2. The topological polar surface area (TPSA) is 95.9 Å². The Balaban J connectivity index is 1.37. The van der Waals surface area contributed by atoms with Gasteiger partial charge in [0.1, 0.15) is 12.6 Å². The molecule has 7 nitrogen and oxygen atoms in total. The van der Waals surface area contributed by atoms with E-state index in [-0.39, 0.29) is 31.0 Å². The maximum Gasteiger partial charge on any atom is 0.407 e. The highest BCUT2D eigenvalue weighted by Crippen LogP contribution is 2.44. The molecule has 2 aliphatic rings. The Labute approximate surface area is 200 Å². The Morgan fingerprint density at radius 2 is 1.65 bits per heavy atom. The fraction of sp³-hybridized carbons (Fsp3) is 0.444. The van der Waals surface area contributed by atoms with Gasteiger partial charge in [-0.15, -0.1) is 0 Å². The lowest BCUT2D eigenvalue weighted by Crippen LogP contribution is -2.49. The molecule has 0 saturated heterocycles. The summed E-state index contributed by atoms with van der Waals surface area (Å²) in [6, 6.07) is 15.4. The highest BCUT2D eigenvalue weighted by atomic mass is 16.5. The summed E-state index contributed by atoms with van der Waals surface area (Å²) in [7, 11) is 0. The zero-order valence-electron chi connectivity index (χ0n) is 19.7. The molecule has 180 valence electrons. The van der Waals surface area contributed by atoms with E-state index < -0.39 is 24.0 Å². The van der Waals surface area contributed by atoms with Crippen LogP contribution in [0.5, 0.6) is 0 Å². The Morgan fingerprint density at radius 1 is 1.06 bits per heavy atom. The third-order valence-electron chi connectivity index (χ3n) is 6.79. The summed E-state index contributed by atoms with van der Waals surface area (Å²) in [5.74, 6) is -1.74. The molecule has 0 aromatic heterocycles. The number of carboxylic acids is 1. The normalized spacial score (nSPS) is 16.2. The molecule has 2 aromatic carbocycles. The molecule has 2 N–H and O–H groups in total. The van der Waals surface area contributed by atoms with Crippen molar-refractivity contribution in [3.05, 3.63) is 59.7 Å². The summed E-state index contributed by atoms with van der Waals surface area (Å²) >= 11 is 0. The number of rotatable bonds is 10. The number of nitrogens with one attached hydrogen (secondary N) is 1. The molecule has 0 bridgehead atoms. The van der Waals surface area contributed by atoms with E-state index in [1.807, 2.05) is 31.2 Å². The van der Waals surface area contributed by atoms with E-state index in [0.29, 0.717) is 6.42 Å². The number of aliphatic carboxylic acids is 1. The van der Waals surface area contributed by atoms with Gasteiger partial charge in [-0.2, -0.15) is 0 Å². The second kappa shape index (κ2) is 10.3. The molecule has 2 aromatic rings. The quantitative estimate of drug-likeness (QED) is 0.543. The molecule has 2 unspecified atom stereocenters. The second-order valence-corrected chi connectivity index (χ2v) is 9.18. The summed E-state index contributed by atoms with van der Waals surface area (Å²) in [5.41, 5.74) is 4.60. The number of carbonyl (C=O) groups excluding carboxylic acids is 2. The van der Waals surface area contributed by atoms with E-state index >= 15 is 0 Å². The standard InChI is InChI=1S/C27H32N2O5/c1-3-8-18(25(30)29(19-13-14-19)17(2)26(31)32)15-28-27(33)34-16-24-22-11-6-4-9-20(22)21-10-5-7-12-23(21)24/h4-7,9-12,17-19,24H,3,8,13-16H2,1-2H3,(H,28,33)(H,31,32). The molecule has 2 atom stereocenters. The predicted molar refractivity (Wildman–Crippen MR) is 128 cm³/mol. The first kappa shape index (κ1) is 23.8. The molecule has 0 aliphatic heterocycles. The zero-order chi connectivity index (χ0) is 24.2. The summed E-state index contributed by atoms with van der Waals surface area (Å²) in [6.07, 6.45) is 2.39. The smallest absolute Gasteiger partial charge is 0.407 e. The van der Waals surface area contributed by atoms with E-state index in [1.165, 1.54) is 4.90 Å². The highest BCUT2D eigenvalue weighted by molar-refractivity contribution is 5.86. The zero-order valence-corrected chi connectivity index (χ0v) is 19.7. The van der Waals surface area contributed by atoms with Crippen molar-refractivity contribution in [2.75, 3.05) is 13.2 Å². The molecule has 7 heteroatoms. The van der Waals surface area contributed by atoms with E-state index in [9.17, 15) is 19.5 Å². The van der Waals surface area contributed by atoms with E-state index in [2.05, 4.69) is 29.6 Å². The molecular formula is C27H32N2O5. The molecule has 0 spiro atoms. The number of carboxylic acid groups (broad SMARTS) is 1. The van der Waals surface area contributed by atoms with Gasteiger partial charge >= 0.3 is 12.1 Å². The Bertz CT molecular complexity index is 1020. The van der Waals surface area contributed by atoms with Gasteiger partial charge in [-0.25, -0.2) is 9.59 Å². The Hall–Kier alpha value is -3.35. The fourth-order valence-electron chi connectivity index (χ4n) is 4.89. The van der Waals surface area contributed by atoms with Crippen molar-refractivity contribution in [1.82, 2.24) is 10.2 Å². The second-order valence-electron chi connectivity index (χ2n) is 9.18. The van der Waals surface area contributed by atoms with Crippen molar-refractivity contribution in [3.8, 4) is 11.1 Å². The monoisotopic (exact) mass is 464 g/mol. The first-order valence-corrected chi connectivity index (χ1v) is 12.1. The number of ether oxygens (including phenoxy) is 1. The van der Waals surface area contributed by atoms with Crippen molar-refractivity contribution in [2.24, 2.45) is 5.92 Å². The number of hydrogen-bond donors (Lipinski definition) is 2. The Morgan fingerprint density at radius 3 is 2.18 bits per heavy atom. The van der Waals surface area contributed by atoms with Crippen molar-refractivity contribution < 1.29 is 24.2 Å². The van der Waals surface area contributed by atoms with Crippen molar-refractivity contribution in [1.29, 1.82) is 0 Å². The average molecular weight is 465 g/mol. The maximum absolute atomic E-state index is 13.2. The van der Waals surface area contributed by atoms with E-state index in [4.69, 9.17) is 4.74 Å². The molecule has 0 radical (unpaired) electrons. The van der Waals surface area contributed by atoms with Crippen molar-refractivity contribution in [3.63, 3.8) is 0 Å². The van der Waals surface area contributed by atoms with Gasteiger partial charge in [0, 0.05) is 18.5 Å². The van der Waals surface area contributed by atoms with Crippen LogP contribution in [0.15, 0.2) is 48.5 Å². The summed E-state index contributed by atoms with van der Waals surface area (Å²) in [4.78, 5) is 38.8. The van der Waals surface area contributed by atoms with Crippen LogP contribution in [0.3, 0.4) is 0 Å². The minimum absolute atomic E-state index is 0.0209. The molecule has 2 amide bonds. The van der Waals surface area contributed by atoms with Crippen LogP contribution in [0.4, 0.5) is 4.79 Å². The van der Waals surface area contributed by atoms with Crippen LogP contribution >= 0.6 is 0 Å². The van der Waals surface area contributed by atoms with Gasteiger partial charge in [-0.3, -0.25) is 4.79 Å². The van der Waals surface area contributed by atoms with Gasteiger partial charge in [0.25, 0.3) is 0 Å². The van der Waals surface area contributed by atoms with E-state index in [1.54, 1.807) is 6.92 Å². The molecule has 0 heterocycles. The molecule has 4 rings (SSSR count). The number of carbonyl (C=O) groups is 3. The highest BCUT2D eigenvalue weighted by Gasteiger charge is 2.40. The van der Waals surface area contributed by atoms with Crippen LogP contribution in [0, 0.1) is 5.92 Å². The largest absolute Gasteiger partial charge is 0.480 e. The van der Waals surface area contributed by atoms with Gasteiger partial charge in [-0.1, -0.05) is 61.9 Å². The Kier molecular flexibility index (Phi) is 7.20. The molecule has 1 fully saturated rings. The van der Waals surface area contributed by atoms with Crippen molar-refractivity contribution >= 4 is 18.0 Å². The lowest BCUT2D eigenvalue weighted by molar-refractivity contribution is -0.152. The van der Waals surface area contributed by atoms with E-state index in [0.717, 1.165) is 41.5 Å². The summed E-state index contributed by atoms with van der Waals surface area (Å²) < 4.78 is 5.58. The predicted octanol–water partition coefficient (Wildman–Crippen LogP) is 4.41. The third kappa shape index (κ3) is 4.93. The third-order valence-corrected chi connectivity index (χ3v) is 6.79. The fourth-order valence-corrected chi connectivity index (χ4v) is 4.89. The summed E-state index contributed by atoms with van der Waals surface area (Å²) in [5, 5.41) is 12.2. The SMILES string of the molecule is CCCC(CNC(=O)OCC1c2ccccc2-c2ccccc21)C(=O)N(C1CC1)C(C)C(=O)O. The number of alkyl carbamates (subject to hydrolysis) is 1. The van der Waals surface area contributed by atoms with Crippen LogP contribution < -0.4 is 5.32 Å². The number of fused-ring (bicyclic) bond motifs is 3. The minimum Gasteiger partial charge on any atom is -0.480 e. The number of hydrogen-bond acceptors (Lipinski definition) is 4. The van der Waals surface area contributed by atoms with Crippen LogP contribution in [-0.4, -0.2) is 53.2 Å². The van der Waals surface area contributed by atoms with Gasteiger partial charge in [0.05, 0.1) is 5.92 Å². The van der Waals surface area contributed by atoms with Gasteiger partial charge in [-0.05, 0) is 48.4 Å². The molecule has 1 saturated carbocycles. The minimum atomic E-state index is -1.01. The molecule has 34 heavy (non-hydrogen) atoms. The van der Waals surface area contributed by atoms with Crippen LogP contribution in [0.25, 0.3) is 11.1 Å². The summed E-state index contributed by atoms with van der Waals surface area (Å²) in [6.45, 7) is 3.84. The van der Waals surface area contributed by atoms with Crippen molar-refractivity contribution in [2.45, 2.75) is 57.5 Å². The van der Waals surface area contributed by atoms with Crippen LogP contribution in [0.1, 0.15) is 56.6 Å². The average Bonchev–Trinajstić information content (AvgIpc) is 3.62. The van der Waals surface area contributed by atoms with Crippen LogP contribution in [-0.2, 0) is 14.3 Å². The van der Waals surface area contributed by atoms with Crippen LogP contribution in [0.2, 0.25) is 0 Å². The number of nitrogens with zero attached hydrogens (tertiary/aromatic N) is 1. The maximum atomic E-state index is 13.2. The first-order chi connectivity index (χ1) is 16.4. The lowest BCUT2D eigenvalue weighted by atomic mass is 9.98. The van der Waals surface area contributed by atoms with Gasteiger partial charge in [0.15, 0.2) is 0 Å². The van der Waals surface area contributed by atoms with Gasteiger partial charge < -0.3 is 20.1 Å². The first-order valence-electron chi connectivity index (χ1n) is 12.1.